The fourth-order valence-electron chi connectivity index (χ4n) is 1.75. The van der Waals surface area contributed by atoms with E-state index in [0.717, 1.165) is 18.5 Å². The predicted octanol–water partition coefficient (Wildman–Crippen LogP) is 1.02. The molecule has 0 spiro atoms. The summed E-state index contributed by atoms with van der Waals surface area (Å²) in [5.74, 6) is -0.429. The van der Waals surface area contributed by atoms with Gasteiger partial charge >= 0.3 is 5.76 Å². The van der Waals surface area contributed by atoms with Gasteiger partial charge in [0, 0.05) is 5.54 Å². The minimum atomic E-state index is -0.429. The Morgan fingerprint density at radius 2 is 2.22 bits per heavy atom. The zero-order chi connectivity index (χ0) is 13.2. The van der Waals surface area contributed by atoms with Gasteiger partial charge in [-0.05, 0) is 44.5 Å². The first-order valence-corrected chi connectivity index (χ1v) is 5.98. The topological polar surface area (TPSA) is 78.3 Å². The van der Waals surface area contributed by atoms with Crippen LogP contribution in [0.3, 0.4) is 0 Å². The molecule has 2 aromatic rings. The summed E-state index contributed by atoms with van der Waals surface area (Å²) in [6, 6.07) is 5.66. The van der Waals surface area contributed by atoms with Crippen LogP contribution in [0, 0.1) is 0 Å². The van der Waals surface area contributed by atoms with Gasteiger partial charge in [-0.3, -0.25) is 4.98 Å². The van der Waals surface area contributed by atoms with Crippen LogP contribution in [0.1, 0.15) is 19.4 Å². The van der Waals surface area contributed by atoms with Crippen LogP contribution < -0.4 is 11.1 Å². The Balaban J connectivity index is 2.01. The molecule has 0 atom stereocenters. The molecule has 0 bridgehead atoms. The van der Waals surface area contributed by atoms with E-state index in [0.29, 0.717) is 11.1 Å². The van der Waals surface area contributed by atoms with Gasteiger partial charge in [0.05, 0.1) is 12.1 Å². The third-order valence-electron chi connectivity index (χ3n) is 2.90. The summed E-state index contributed by atoms with van der Waals surface area (Å²) in [5.41, 5.74) is 2.11. The smallest absolute Gasteiger partial charge is 0.408 e. The molecule has 1 aromatic carbocycles. The lowest BCUT2D eigenvalue weighted by atomic mass is 10.1. The maximum Gasteiger partial charge on any atom is 0.417 e. The van der Waals surface area contributed by atoms with Crippen molar-refractivity contribution in [1.82, 2.24) is 10.3 Å². The molecule has 0 saturated carbocycles. The summed E-state index contributed by atoms with van der Waals surface area (Å²) in [7, 11) is 0. The summed E-state index contributed by atoms with van der Waals surface area (Å²) >= 11 is 0. The molecule has 0 amide bonds. The van der Waals surface area contributed by atoms with Crippen LogP contribution in [-0.4, -0.2) is 28.8 Å². The van der Waals surface area contributed by atoms with E-state index in [1.807, 2.05) is 32.0 Å². The zero-order valence-corrected chi connectivity index (χ0v) is 10.6. The summed E-state index contributed by atoms with van der Waals surface area (Å²) in [6.07, 6.45) is 0.814. The summed E-state index contributed by atoms with van der Waals surface area (Å²) in [4.78, 5) is 13.6. The van der Waals surface area contributed by atoms with Crippen molar-refractivity contribution in [2.75, 3.05) is 13.2 Å². The number of H-pyrrole nitrogens is 1. The molecule has 5 heteroatoms. The van der Waals surface area contributed by atoms with E-state index in [1.54, 1.807) is 0 Å². The number of benzene rings is 1. The van der Waals surface area contributed by atoms with Gasteiger partial charge in [0.15, 0.2) is 5.58 Å². The highest BCUT2D eigenvalue weighted by molar-refractivity contribution is 5.72. The number of fused-ring (bicyclic) bond motifs is 1. The van der Waals surface area contributed by atoms with Crippen molar-refractivity contribution in [1.29, 1.82) is 0 Å². The van der Waals surface area contributed by atoms with Gasteiger partial charge in [-0.1, -0.05) is 6.07 Å². The number of oxazole rings is 1. The van der Waals surface area contributed by atoms with E-state index < -0.39 is 5.76 Å². The number of aliphatic hydroxyl groups is 1. The highest BCUT2D eigenvalue weighted by atomic mass is 16.4. The first-order chi connectivity index (χ1) is 8.50. The summed E-state index contributed by atoms with van der Waals surface area (Å²) in [5, 5.41) is 12.4. The van der Waals surface area contributed by atoms with Crippen molar-refractivity contribution in [3.05, 3.63) is 34.3 Å². The Kier molecular flexibility index (Phi) is 3.54. The fourth-order valence-corrected chi connectivity index (χ4v) is 1.75. The van der Waals surface area contributed by atoms with Crippen LogP contribution in [0.2, 0.25) is 0 Å². The minimum absolute atomic E-state index is 0.0960. The average Bonchev–Trinajstić information content (AvgIpc) is 2.68. The lowest BCUT2D eigenvalue weighted by molar-refractivity contribution is 0.189. The average molecular weight is 250 g/mol. The SMILES string of the molecule is CC(C)(CO)NCCc1ccc2[nH]c(=O)oc2c1. The van der Waals surface area contributed by atoms with Gasteiger partial charge in [-0.2, -0.15) is 0 Å². The Bertz CT molecular complexity index is 583. The fraction of sp³-hybridized carbons (Fsp3) is 0.462. The van der Waals surface area contributed by atoms with Gasteiger partial charge < -0.3 is 14.8 Å². The van der Waals surface area contributed by atoms with E-state index in [1.165, 1.54) is 0 Å². The van der Waals surface area contributed by atoms with Crippen LogP contribution in [0.15, 0.2) is 27.4 Å². The molecule has 0 radical (unpaired) electrons. The molecule has 0 saturated heterocycles. The Morgan fingerprint density at radius 3 is 2.94 bits per heavy atom. The lowest BCUT2D eigenvalue weighted by Gasteiger charge is -2.23. The third kappa shape index (κ3) is 3.00. The van der Waals surface area contributed by atoms with Crippen molar-refractivity contribution < 1.29 is 9.52 Å². The molecule has 0 aliphatic rings. The molecule has 0 unspecified atom stereocenters. The number of aliphatic hydroxyl groups excluding tert-OH is 1. The Hall–Kier alpha value is -1.59. The molecule has 0 fully saturated rings. The van der Waals surface area contributed by atoms with Gasteiger partial charge in [0.2, 0.25) is 0 Å². The van der Waals surface area contributed by atoms with Gasteiger partial charge in [-0.15, -0.1) is 0 Å². The molecular weight excluding hydrogens is 232 g/mol. The quantitative estimate of drug-likeness (QED) is 0.740. The second-order valence-corrected chi connectivity index (χ2v) is 5.06. The van der Waals surface area contributed by atoms with Crippen LogP contribution in [0.5, 0.6) is 0 Å². The van der Waals surface area contributed by atoms with Crippen LogP contribution >= 0.6 is 0 Å². The Morgan fingerprint density at radius 1 is 1.44 bits per heavy atom. The normalized spacial score (nSPS) is 12.2. The van der Waals surface area contributed by atoms with Crippen molar-refractivity contribution >= 4 is 11.1 Å². The molecule has 0 aliphatic heterocycles. The second-order valence-electron chi connectivity index (χ2n) is 5.06. The second kappa shape index (κ2) is 4.96. The predicted molar refractivity (Wildman–Crippen MR) is 69.7 cm³/mol. The zero-order valence-electron chi connectivity index (χ0n) is 10.6. The van der Waals surface area contributed by atoms with E-state index in [-0.39, 0.29) is 12.1 Å². The standard InChI is InChI=1S/C13H18N2O3/c1-13(2,8-16)14-6-5-9-3-4-10-11(7-9)18-12(17)15-10/h3-4,7,14,16H,5-6,8H2,1-2H3,(H,15,17). The number of aromatic amines is 1. The molecule has 0 aliphatic carbocycles. The van der Waals surface area contributed by atoms with Gasteiger partial charge in [-0.25, -0.2) is 4.79 Å². The number of rotatable bonds is 5. The molecule has 3 N–H and O–H groups in total. The lowest BCUT2D eigenvalue weighted by Crippen LogP contribution is -2.43. The maximum atomic E-state index is 11.0. The van der Waals surface area contributed by atoms with Gasteiger partial charge in [0.25, 0.3) is 0 Å². The van der Waals surface area contributed by atoms with Crippen LogP contribution in [-0.2, 0) is 6.42 Å². The monoisotopic (exact) mass is 250 g/mol. The molecule has 1 heterocycles. The molecule has 18 heavy (non-hydrogen) atoms. The van der Waals surface area contributed by atoms with Crippen molar-refractivity contribution in [2.45, 2.75) is 25.8 Å². The van der Waals surface area contributed by atoms with E-state index in [2.05, 4.69) is 10.3 Å². The van der Waals surface area contributed by atoms with Crippen LogP contribution in [0.4, 0.5) is 0 Å². The number of nitrogens with one attached hydrogen (secondary N) is 2. The Labute approximate surface area is 105 Å². The molecule has 1 aromatic heterocycles. The summed E-state index contributed by atoms with van der Waals surface area (Å²) < 4.78 is 5.01. The summed E-state index contributed by atoms with van der Waals surface area (Å²) in [6.45, 7) is 4.75. The number of hydrogen-bond donors (Lipinski definition) is 3. The highest BCUT2D eigenvalue weighted by Crippen LogP contribution is 2.12. The molecule has 5 nitrogen and oxygen atoms in total. The third-order valence-corrected chi connectivity index (χ3v) is 2.90. The molecular formula is C13H18N2O3. The van der Waals surface area contributed by atoms with Crippen molar-refractivity contribution in [2.24, 2.45) is 0 Å². The van der Waals surface area contributed by atoms with Gasteiger partial charge in [0.1, 0.15) is 0 Å². The first-order valence-electron chi connectivity index (χ1n) is 5.98. The van der Waals surface area contributed by atoms with E-state index >= 15 is 0 Å². The molecule has 2 rings (SSSR count). The largest absolute Gasteiger partial charge is 0.417 e. The maximum absolute atomic E-state index is 11.0. The number of aromatic nitrogens is 1. The first kappa shape index (κ1) is 12.9. The number of hydrogen-bond acceptors (Lipinski definition) is 4. The van der Waals surface area contributed by atoms with Crippen LogP contribution in [0.25, 0.3) is 11.1 Å². The van der Waals surface area contributed by atoms with E-state index in [9.17, 15) is 4.79 Å². The minimum Gasteiger partial charge on any atom is -0.408 e. The molecule has 98 valence electrons. The van der Waals surface area contributed by atoms with Crippen molar-refractivity contribution in [3.8, 4) is 0 Å². The van der Waals surface area contributed by atoms with E-state index in [4.69, 9.17) is 9.52 Å². The highest BCUT2D eigenvalue weighted by Gasteiger charge is 2.14. The van der Waals surface area contributed by atoms with Crippen molar-refractivity contribution in [3.63, 3.8) is 0 Å².